The number of amides is 2. The van der Waals surface area contributed by atoms with Gasteiger partial charge in [0.15, 0.2) is 0 Å². The second-order valence-corrected chi connectivity index (χ2v) is 8.67. The minimum Gasteiger partial charge on any atom is -0.444 e. The summed E-state index contributed by atoms with van der Waals surface area (Å²) in [5, 5.41) is 11.6. The maximum atomic E-state index is 12.5. The molecule has 0 spiro atoms. The molecule has 0 aromatic carbocycles. The molecule has 0 aliphatic heterocycles. The molecule has 27 heavy (non-hydrogen) atoms. The summed E-state index contributed by atoms with van der Waals surface area (Å²) in [6, 6.07) is 0. The van der Waals surface area contributed by atoms with Gasteiger partial charge >= 0.3 is 6.09 Å². The average molecular weight is 385 g/mol. The lowest BCUT2D eigenvalue weighted by Gasteiger charge is -2.36. The Kier molecular flexibility index (Phi) is 11.7. The van der Waals surface area contributed by atoms with Crippen molar-refractivity contribution in [3.63, 3.8) is 0 Å². The number of carbonyl (C=O) groups is 2. The first-order valence-electron chi connectivity index (χ1n) is 9.97. The van der Waals surface area contributed by atoms with E-state index in [2.05, 4.69) is 37.1 Å². The van der Waals surface area contributed by atoms with E-state index in [0.717, 1.165) is 19.2 Å². The zero-order valence-electron chi connectivity index (χ0n) is 17.9. The molecule has 1 rings (SSSR count). The maximum Gasteiger partial charge on any atom is 0.407 e. The van der Waals surface area contributed by atoms with Crippen molar-refractivity contribution in [3.8, 4) is 0 Å². The van der Waals surface area contributed by atoms with Crippen molar-refractivity contribution in [1.29, 1.82) is 5.41 Å². The molecule has 0 saturated heterocycles. The molecule has 7 heteroatoms. The van der Waals surface area contributed by atoms with E-state index in [9.17, 15) is 9.59 Å². The molecule has 1 aliphatic rings. The molecule has 1 aliphatic carbocycles. The minimum atomic E-state index is -0.484. The van der Waals surface area contributed by atoms with Gasteiger partial charge in [0.25, 0.3) is 0 Å². The van der Waals surface area contributed by atoms with Crippen LogP contribution in [0.25, 0.3) is 0 Å². The number of rotatable bonds is 6. The van der Waals surface area contributed by atoms with Crippen LogP contribution in [-0.4, -0.2) is 37.0 Å². The van der Waals surface area contributed by atoms with Crippen molar-refractivity contribution >= 4 is 18.3 Å². The Hall–Kier alpha value is -1.79. The Morgan fingerprint density at radius 1 is 1.22 bits per heavy atom. The zero-order valence-corrected chi connectivity index (χ0v) is 17.9. The Labute approximate surface area is 164 Å². The first-order chi connectivity index (χ1) is 12.5. The van der Waals surface area contributed by atoms with Crippen LogP contribution in [0.1, 0.15) is 67.2 Å². The van der Waals surface area contributed by atoms with Crippen molar-refractivity contribution in [2.45, 2.75) is 72.8 Å². The van der Waals surface area contributed by atoms with Crippen LogP contribution in [-0.2, 0) is 9.53 Å². The Bertz CT molecular complexity index is 461. The number of ether oxygens (including phenoxy) is 1. The second-order valence-electron chi connectivity index (χ2n) is 8.67. The van der Waals surface area contributed by atoms with Crippen molar-refractivity contribution in [2.75, 3.05) is 13.1 Å². The topological polar surface area (TPSA) is 117 Å². The zero-order chi connectivity index (χ0) is 21.0. The normalized spacial score (nSPS) is 22.3. The van der Waals surface area contributed by atoms with Crippen molar-refractivity contribution in [2.24, 2.45) is 29.4 Å². The van der Waals surface area contributed by atoms with Crippen LogP contribution in [0.15, 0.2) is 0 Å². The van der Waals surface area contributed by atoms with Gasteiger partial charge in [0.05, 0.1) is 6.34 Å². The third-order valence-corrected chi connectivity index (χ3v) is 4.68. The van der Waals surface area contributed by atoms with Gasteiger partial charge in [-0.15, -0.1) is 0 Å². The van der Waals surface area contributed by atoms with E-state index in [1.807, 2.05) is 20.8 Å². The lowest BCUT2D eigenvalue weighted by atomic mass is 9.70. The molecular weight excluding hydrogens is 344 g/mol. The van der Waals surface area contributed by atoms with Crippen LogP contribution in [0.5, 0.6) is 0 Å². The summed E-state index contributed by atoms with van der Waals surface area (Å²) in [5.41, 5.74) is 3.90. The van der Waals surface area contributed by atoms with Gasteiger partial charge in [0.1, 0.15) is 5.60 Å². The number of carbonyl (C=O) groups excluding carboxylic acids is 2. The first-order valence-corrected chi connectivity index (χ1v) is 9.97. The molecule has 0 heterocycles. The van der Waals surface area contributed by atoms with E-state index in [4.69, 9.17) is 10.1 Å². The van der Waals surface area contributed by atoms with Gasteiger partial charge in [-0.3, -0.25) is 10.2 Å². The second kappa shape index (κ2) is 12.6. The van der Waals surface area contributed by atoms with Crippen molar-refractivity contribution in [1.82, 2.24) is 10.6 Å². The van der Waals surface area contributed by atoms with Gasteiger partial charge in [-0.25, -0.2) is 4.79 Å². The number of hydrogen-bond donors (Lipinski definition) is 4. The fourth-order valence-corrected chi connectivity index (χ4v) is 3.44. The Balaban J connectivity index is 0.00000210. The van der Waals surface area contributed by atoms with Crippen LogP contribution in [0.4, 0.5) is 4.79 Å². The molecule has 2 amide bonds. The highest BCUT2D eigenvalue weighted by Crippen LogP contribution is 2.38. The highest BCUT2D eigenvalue weighted by atomic mass is 16.6. The largest absolute Gasteiger partial charge is 0.444 e. The van der Waals surface area contributed by atoms with Gasteiger partial charge in [-0.1, -0.05) is 27.2 Å². The van der Waals surface area contributed by atoms with E-state index < -0.39 is 11.7 Å². The summed E-state index contributed by atoms with van der Waals surface area (Å²) in [6.45, 7) is 13.3. The predicted molar refractivity (Wildman–Crippen MR) is 110 cm³/mol. The number of nitrogens with one attached hydrogen (secondary N) is 3. The Morgan fingerprint density at radius 3 is 2.30 bits per heavy atom. The molecule has 0 aromatic heterocycles. The summed E-state index contributed by atoms with van der Waals surface area (Å²) in [6.07, 6.45) is 4.42. The monoisotopic (exact) mass is 384 g/mol. The molecule has 2 unspecified atom stereocenters. The van der Waals surface area contributed by atoms with Gasteiger partial charge in [-0.05, 0) is 57.8 Å². The van der Waals surface area contributed by atoms with E-state index in [-0.39, 0.29) is 11.8 Å². The lowest BCUT2D eigenvalue weighted by molar-refractivity contribution is -0.129. The van der Waals surface area contributed by atoms with Gasteiger partial charge in [-0.2, -0.15) is 0 Å². The minimum absolute atomic E-state index is 0.132. The van der Waals surface area contributed by atoms with E-state index in [0.29, 0.717) is 37.3 Å². The summed E-state index contributed by atoms with van der Waals surface area (Å²) >= 11 is 0. The fraction of sp³-hybridized carbons (Fsp3) is 0.850. The molecule has 0 aromatic rings. The van der Waals surface area contributed by atoms with Crippen molar-refractivity contribution in [3.05, 3.63) is 0 Å². The summed E-state index contributed by atoms with van der Waals surface area (Å²) in [7, 11) is 0. The molecule has 3 atom stereocenters. The SMILES string of the molecule is CC1CC[C@@H](C(C)C)C(C(=O)NCCCNC(=O)OC(C)(C)C)C1.N=CN. The standard InChI is InChI=1S/C19H36N2O3.CH4N2/c1-13(2)15-9-8-14(3)12-16(15)17(22)20-10-7-11-21-18(23)24-19(4,5)6;2-1-3/h13-16H,7-12H2,1-6H3,(H,20,22)(H,21,23);1H,(H3,2,3)/t14?,15-,16?;/m0./s1. The first kappa shape index (κ1) is 25.2. The van der Waals surface area contributed by atoms with Crippen LogP contribution < -0.4 is 16.4 Å². The van der Waals surface area contributed by atoms with Crippen LogP contribution >= 0.6 is 0 Å². The van der Waals surface area contributed by atoms with Gasteiger partial charge in [0.2, 0.25) is 5.91 Å². The smallest absolute Gasteiger partial charge is 0.407 e. The summed E-state index contributed by atoms with van der Waals surface area (Å²) in [5.74, 6) is 1.97. The summed E-state index contributed by atoms with van der Waals surface area (Å²) < 4.78 is 5.18. The molecule has 1 fully saturated rings. The van der Waals surface area contributed by atoms with E-state index in [1.165, 1.54) is 6.42 Å². The maximum absolute atomic E-state index is 12.5. The fourth-order valence-electron chi connectivity index (χ4n) is 3.44. The quantitative estimate of drug-likeness (QED) is 0.319. The molecule has 5 N–H and O–H groups in total. The predicted octanol–water partition coefficient (Wildman–Crippen LogP) is 3.28. The molecule has 1 saturated carbocycles. The number of hydrogen-bond acceptors (Lipinski definition) is 4. The third-order valence-electron chi connectivity index (χ3n) is 4.68. The highest BCUT2D eigenvalue weighted by Gasteiger charge is 2.35. The van der Waals surface area contributed by atoms with Crippen molar-refractivity contribution < 1.29 is 14.3 Å². The highest BCUT2D eigenvalue weighted by molar-refractivity contribution is 5.79. The Morgan fingerprint density at radius 2 is 1.78 bits per heavy atom. The van der Waals surface area contributed by atoms with Gasteiger partial charge in [0, 0.05) is 19.0 Å². The van der Waals surface area contributed by atoms with Crippen LogP contribution in [0.3, 0.4) is 0 Å². The van der Waals surface area contributed by atoms with E-state index in [1.54, 1.807) is 0 Å². The molecule has 7 nitrogen and oxygen atoms in total. The number of alkyl carbamates (subject to hydrolysis) is 1. The number of nitrogens with two attached hydrogens (primary N) is 1. The van der Waals surface area contributed by atoms with E-state index >= 15 is 0 Å². The lowest BCUT2D eigenvalue weighted by Crippen LogP contribution is -2.41. The van der Waals surface area contributed by atoms with Crippen LogP contribution in [0, 0.1) is 29.1 Å². The molecular formula is C20H40N4O3. The average Bonchev–Trinajstić information content (AvgIpc) is 2.53. The third kappa shape index (κ3) is 11.5. The van der Waals surface area contributed by atoms with Gasteiger partial charge < -0.3 is 21.1 Å². The summed E-state index contributed by atoms with van der Waals surface area (Å²) in [4.78, 5) is 24.1. The van der Waals surface area contributed by atoms with Crippen LogP contribution in [0.2, 0.25) is 0 Å². The molecule has 0 radical (unpaired) electrons. The molecule has 158 valence electrons. The molecule has 0 bridgehead atoms.